The fourth-order valence-corrected chi connectivity index (χ4v) is 0.885. The van der Waals surface area contributed by atoms with Gasteiger partial charge in [0.25, 0.3) is 5.91 Å². The van der Waals surface area contributed by atoms with E-state index in [0.29, 0.717) is 5.56 Å². The van der Waals surface area contributed by atoms with Crippen molar-refractivity contribution in [3.63, 3.8) is 0 Å². The highest BCUT2D eigenvalue weighted by atomic mass is 16.2. The predicted molar refractivity (Wildman–Crippen MR) is 51.8 cm³/mol. The van der Waals surface area contributed by atoms with Crippen molar-refractivity contribution < 1.29 is 9.59 Å². The monoisotopic (exact) mass is 192 g/mol. The number of nitrogens with one attached hydrogen (secondary N) is 1. The van der Waals surface area contributed by atoms with Gasteiger partial charge in [-0.3, -0.25) is 14.6 Å². The molecule has 0 bridgehead atoms. The molecular weight excluding hydrogens is 180 g/mol. The van der Waals surface area contributed by atoms with E-state index in [-0.39, 0.29) is 11.7 Å². The highest BCUT2D eigenvalue weighted by molar-refractivity contribution is 5.97. The van der Waals surface area contributed by atoms with Crippen LogP contribution in [0.3, 0.4) is 0 Å². The predicted octanol–water partition coefficient (Wildman–Crippen LogP) is 0.789. The van der Waals surface area contributed by atoms with Gasteiger partial charge in [-0.25, -0.2) is 0 Å². The molecule has 0 aliphatic carbocycles. The first-order valence-corrected chi connectivity index (χ1v) is 4.32. The first-order valence-electron chi connectivity index (χ1n) is 4.32. The van der Waals surface area contributed by atoms with E-state index in [9.17, 15) is 9.59 Å². The van der Waals surface area contributed by atoms with Crippen molar-refractivity contribution in [2.24, 2.45) is 0 Å². The van der Waals surface area contributed by atoms with E-state index in [2.05, 4.69) is 10.3 Å². The zero-order chi connectivity index (χ0) is 10.6. The van der Waals surface area contributed by atoms with Crippen LogP contribution in [0.1, 0.15) is 24.2 Å². The summed E-state index contributed by atoms with van der Waals surface area (Å²) in [6, 6.07) is 2.75. The quantitative estimate of drug-likeness (QED) is 0.770. The van der Waals surface area contributed by atoms with E-state index < -0.39 is 6.04 Å². The molecule has 0 spiro atoms. The number of carbonyl (C=O) groups excluding carboxylic acids is 2. The second kappa shape index (κ2) is 4.50. The Morgan fingerprint density at radius 2 is 1.93 bits per heavy atom. The topological polar surface area (TPSA) is 59.1 Å². The van der Waals surface area contributed by atoms with Crippen LogP contribution in [0.2, 0.25) is 0 Å². The molecule has 1 atom stereocenters. The number of ketones is 1. The normalized spacial score (nSPS) is 11.9. The molecule has 0 radical (unpaired) electrons. The highest BCUT2D eigenvalue weighted by Gasteiger charge is 2.11. The van der Waals surface area contributed by atoms with Gasteiger partial charge in [0.05, 0.1) is 6.04 Å². The minimum Gasteiger partial charge on any atom is -0.343 e. The van der Waals surface area contributed by atoms with Crippen LogP contribution in [0.4, 0.5) is 0 Å². The molecule has 1 heterocycles. The molecule has 1 aromatic heterocycles. The van der Waals surface area contributed by atoms with Crippen molar-refractivity contribution in [2.45, 2.75) is 19.9 Å². The Balaban J connectivity index is 2.64. The van der Waals surface area contributed by atoms with Crippen LogP contribution in [0.25, 0.3) is 0 Å². The molecule has 0 saturated heterocycles. The van der Waals surface area contributed by atoms with E-state index in [1.165, 1.54) is 19.3 Å². The Morgan fingerprint density at radius 1 is 1.36 bits per heavy atom. The molecule has 0 saturated carbocycles. The second-order valence-corrected chi connectivity index (χ2v) is 3.04. The summed E-state index contributed by atoms with van der Waals surface area (Å²) < 4.78 is 0. The van der Waals surface area contributed by atoms with Crippen molar-refractivity contribution in [1.82, 2.24) is 10.3 Å². The zero-order valence-electron chi connectivity index (χ0n) is 8.15. The largest absolute Gasteiger partial charge is 0.343 e. The van der Waals surface area contributed by atoms with Gasteiger partial charge in [0, 0.05) is 18.0 Å². The van der Waals surface area contributed by atoms with Crippen LogP contribution in [0.5, 0.6) is 0 Å². The third-order valence-corrected chi connectivity index (χ3v) is 1.90. The van der Waals surface area contributed by atoms with Crippen molar-refractivity contribution >= 4 is 11.7 Å². The highest BCUT2D eigenvalue weighted by Crippen LogP contribution is 1.96. The van der Waals surface area contributed by atoms with Crippen LogP contribution in [0, 0.1) is 0 Å². The third kappa shape index (κ3) is 2.65. The van der Waals surface area contributed by atoms with Crippen LogP contribution in [0.15, 0.2) is 24.5 Å². The first kappa shape index (κ1) is 10.4. The minimum absolute atomic E-state index is 0.0626. The summed E-state index contributed by atoms with van der Waals surface area (Å²) in [4.78, 5) is 26.1. The molecule has 0 unspecified atom stereocenters. The number of hydrogen-bond acceptors (Lipinski definition) is 3. The third-order valence-electron chi connectivity index (χ3n) is 1.90. The Hall–Kier alpha value is -1.71. The second-order valence-electron chi connectivity index (χ2n) is 3.04. The average Bonchev–Trinajstić information content (AvgIpc) is 2.19. The molecule has 0 fully saturated rings. The van der Waals surface area contributed by atoms with Crippen molar-refractivity contribution in [1.29, 1.82) is 0 Å². The summed E-state index contributed by atoms with van der Waals surface area (Å²) in [7, 11) is 0. The summed E-state index contributed by atoms with van der Waals surface area (Å²) in [6.45, 7) is 3.10. The number of rotatable bonds is 3. The Labute approximate surface area is 82.3 Å². The van der Waals surface area contributed by atoms with Crippen LogP contribution < -0.4 is 5.32 Å². The van der Waals surface area contributed by atoms with Gasteiger partial charge in [-0.05, 0) is 26.0 Å². The fourth-order valence-electron chi connectivity index (χ4n) is 0.885. The maximum absolute atomic E-state index is 11.5. The molecule has 1 amide bonds. The van der Waals surface area contributed by atoms with Gasteiger partial charge in [0.1, 0.15) is 0 Å². The van der Waals surface area contributed by atoms with Gasteiger partial charge in [0.2, 0.25) is 0 Å². The van der Waals surface area contributed by atoms with Gasteiger partial charge < -0.3 is 5.32 Å². The molecular formula is C10H12N2O2. The molecule has 1 rings (SSSR count). The summed E-state index contributed by atoms with van der Waals surface area (Å²) in [6.07, 6.45) is 3.07. The van der Waals surface area contributed by atoms with E-state index in [1.54, 1.807) is 19.1 Å². The van der Waals surface area contributed by atoms with Gasteiger partial charge in [-0.1, -0.05) is 0 Å². The number of nitrogens with zero attached hydrogens (tertiary/aromatic N) is 1. The Kier molecular flexibility index (Phi) is 3.34. The molecule has 1 aromatic rings. The summed E-state index contributed by atoms with van der Waals surface area (Å²) >= 11 is 0. The summed E-state index contributed by atoms with van der Waals surface area (Å²) in [5, 5.41) is 2.58. The molecule has 4 heteroatoms. The number of Topliss-reactive ketones (excluding diaryl/α,β-unsaturated/α-hetero) is 1. The van der Waals surface area contributed by atoms with Crippen molar-refractivity contribution in [2.75, 3.05) is 0 Å². The van der Waals surface area contributed by atoms with Crippen molar-refractivity contribution in [3.05, 3.63) is 30.1 Å². The smallest absolute Gasteiger partial charge is 0.251 e. The summed E-state index contributed by atoms with van der Waals surface area (Å²) in [5.41, 5.74) is 0.508. The first-order chi connectivity index (χ1) is 6.61. The van der Waals surface area contributed by atoms with Gasteiger partial charge in [-0.2, -0.15) is 0 Å². The molecule has 1 N–H and O–H groups in total. The van der Waals surface area contributed by atoms with E-state index in [1.807, 2.05) is 0 Å². The summed E-state index contributed by atoms with van der Waals surface area (Å²) in [5.74, 6) is -0.317. The molecule has 0 aromatic carbocycles. The number of pyridine rings is 1. The molecule has 14 heavy (non-hydrogen) atoms. The van der Waals surface area contributed by atoms with E-state index in [4.69, 9.17) is 0 Å². The van der Waals surface area contributed by atoms with Crippen molar-refractivity contribution in [3.8, 4) is 0 Å². The van der Waals surface area contributed by atoms with E-state index in [0.717, 1.165) is 0 Å². The Morgan fingerprint density at radius 3 is 2.43 bits per heavy atom. The molecule has 0 aliphatic rings. The van der Waals surface area contributed by atoms with Crippen LogP contribution in [-0.2, 0) is 4.79 Å². The minimum atomic E-state index is -0.448. The maximum Gasteiger partial charge on any atom is 0.251 e. The lowest BCUT2D eigenvalue weighted by Gasteiger charge is -2.09. The van der Waals surface area contributed by atoms with Gasteiger partial charge >= 0.3 is 0 Å². The van der Waals surface area contributed by atoms with Gasteiger partial charge in [0.15, 0.2) is 5.78 Å². The number of hydrogen-bond donors (Lipinski definition) is 1. The van der Waals surface area contributed by atoms with Gasteiger partial charge in [-0.15, -0.1) is 0 Å². The number of carbonyl (C=O) groups is 2. The fraction of sp³-hybridized carbons (Fsp3) is 0.300. The van der Waals surface area contributed by atoms with Crippen LogP contribution >= 0.6 is 0 Å². The lowest BCUT2D eigenvalue weighted by Crippen LogP contribution is -2.37. The Bertz CT molecular complexity index is 335. The SMILES string of the molecule is CC(=O)[C@@H](C)NC(=O)c1ccncc1. The molecule has 4 nitrogen and oxygen atoms in total. The number of aromatic nitrogens is 1. The lowest BCUT2D eigenvalue weighted by molar-refractivity contribution is -0.118. The van der Waals surface area contributed by atoms with E-state index >= 15 is 0 Å². The number of amides is 1. The average molecular weight is 192 g/mol. The van der Waals surface area contributed by atoms with Crippen LogP contribution in [-0.4, -0.2) is 22.7 Å². The maximum atomic E-state index is 11.5. The molecule has 74 valence electrons. The standard InChI is InChI=1S/C10H12N2O2/c1-7(8(2)13)12-10(14)9-3-5-11-6-4-9/h3-7H,1-2H3,(H,12,14)/t7-/m1/s1. The lowest BCUT2D eigenvalue weighted by atomic mass is 10.2. The zero-order valence-corrected chi connectivity index (χ0v) is 8.15. The molecule has 0 aliphatic heterocycles.